The third kappa shape index (κ3) is 4.07. The molecule has 2 aromatic carbocycles. The van der Waals surface area contributed by atoms with E-state index in [-0.39, 0.29) is 17.3 Å². The summed E-state index contributed by atoms with van der Waals surface area (Å²) in [5, 5.41) is -0.866. The maximum atomic E-state index is 12.2. The molecule has 20 heavy (non-hydrogen) atoms. The van der Waals surface area contributed by atoms with Crippen LogP contribution in [0.3, 0.4) is 0 Å². The van der Waals surface area contributed by atoms with Crippen molar-refractivity contribution in [2.45, 2.75) is 23.1 Å². The molecule has 1 atom stereocenters. The highest BCUT2D eigenvalue weighted by Gasteiger charge is 2.23. The third-order valence-electron chi connectivity index (χ3n) is 3.03. The van der Waals surface area contributed by atoms with Crippen LogP contribution in [-0.4, -0.2) is 13.8 Å². The molecule has 0 saturated carbocycles. The first kappa shape index (κ1) is 16.7. The van der Waals surface area contributed by atoms with Gasteiger partial charge in [0.1, 0.15) is 5.37 Å². The van der Waals surface area contributed by atoms with E-state index in [1.807, 2.05) is 30.3 Å². The van der Waals surface area contributed by atoms with Gasteiger partial charge in [-0.05, 0) is 30.5 Å². The van der Waals surface area contributed by atoms with Gasteiger partial charge in [-0.15, -0.1) is 12.4 Å². The topological polar surface area (TPSA) is 60.2 Å². The molecular formula is C15H18ClNO2S. The van der Waals surface area contributed by atoms with Crippen molar-refractivity contribution in [3.8, 4) is 0 Å². The second-order valence-corrected chi connectivity index (χ2v) is 6.59. The number of sulfone groups is 1. The molecule has 0 aromatic heterocycles. The Balaban J connectivity index is 0.00000200. The molecule has 2 rings (SSSR count). The van der Waals surface area contributed by atoms with Crippen LogP contribution in [0.25, 0.3) is 0 Å². The maximum absolute atomic E-state index is 12.2. The first-order valence-electron chi connectivity index (χ1n) is 6.19. The summed E-state index contributed by atoms with van der Waals surface area (Å²) in [6, 6.07) is 18.1. The van der Waals surface area contributed by atoms with Gasteiger partial charge >= 0.3 is 0 Å². The van der Waals surface area contributed by atoms with Gasteiger partial charge < -0.3 is 5.73 Å². The molecule has 0 spiro atoms. The average Bonchev–Trinajstić information content (AvgIpc) is 2.46. The van der Waals surface area contributed by atoms with Crippen LogP contribution in [0.2, 0.25) is 0 Å². The quantitative estimate of drug-likeness (QED) is 0.923. The van der Waals surface area contributed by atoms with Crippen LogP contribution in [0.15, 0.2) is 65.6 Å². The molecule has 0 saturated heterocycles. The minimum Gasteiger partial charge on any atom is -0.315 e. The Morgan fingerprint density at radius 3 is 1.95 bits per heavy atom. The van der Waals surface area contributed by atoms with Crippen LogP contribution in [0.4, 0.5) is 0 Å². The highest BCUT2D eigenvalue weighted by molar-refractivity contribution is 7.92. The number of halogens is 1. The minimum absolute atomic E-state index is 0. The molecule has 0 fully saturated rings. The van der Waals surface area contributed by atoms with Crippen molar-refractivity contribution in [3.05, 3.63) is 66.2 Å². The van der Waals surface area contributed by atoms with Gasteiger partial charge in [0.25, 0.3) is 0 Å². The Bertz CT molecular complexity index is 615. The zero-order valence-electron chi connectivity index (χ0n) is 11.0. The standard InChI is InChI=1S/C15H17NO2S.ClH/c16-15(12-11-13-7-3-1-4-8-13)19(17,18)14-9-5-2-6-10-14;/h1-10,15H,11-12,16H2;1H. The summed E-state index contributed by atoms with van der Waals surface area (Å²) in [4.78, 5) is 0.288. The first-order valence-corrected chi connectivity index (χ1v) is 7.74. The lowest BCUT2D eigenvalue weighted by Crippen LogP contribution is -2.31. The monoisotopic (exact) mass is 311 g/mol. The van der Waals surface area contributed by atoms with Crippen molar-refractivity contribution in [2.24, 2.45) is 5.73 Å². The Kier molecular flexibility index (Phi) is 6.20. The molecule has 108 valence electrons. The Morgan fingerprint density at radius 2 is 1.40 bits per heavy atom. The molecule has 0 heterocycles. The van der Waals surface area contributed by atoms with Gasteiger partial charge in [0.15, 0.2) is 9.84 Å². The van der Waals surface area contributed by atoms with E-state index in [2.05, 4.69) is 0 Å². The lowest BCUT2D eigenvalue weighted by Gasteiger charge is -2.13. The van der Waals surface area contributed by atoms with Crippen LogP contribution in [0, 0.1) is 0 Å². The van der Waals surface area contributed by atoms with Crippen molar-refractivity contribution in [3.63, 3.8) is 0 Å². The predicted molar refractivity (Wildman–Crippen MR) is 83.6 cm³/mol. The summed E-state index contributed by atoms with van der Waals surface area (Å²) in [5.74, 6) is 0. The van der Waals surface area contributed by atoms with Gasteiger partial charge in [-0.25, -0.2) is 8.42 Å². The number of hydrogen-bond acceptors (Lipinski definition) is 3. The Labute approximate surface area is 126 Å². The van der Waals surface area contributed by atoms with E-state index in [4.69, 9.17) is 5.73 Å². The van der Waals surface area contributed by atoms with Gasteiger partial charge in [-0.1, -0.05) is 48.5 Å². The number of aryl methyl sites for hydroxylation is 1. The number of hydrogen-bond donors (Lipinski definition) is 1. The molecule has 2 N–H and O–H groups in total. The van der Waals surface area contributed by atoms with Crippen LogP contribution in [-0.2, 0) is 16.3 Å². The van der Waals surface area contributed by atoms with E-state index >= 15 is 0 Å². The second-order valence-electron chi connectivity index (χ2n) is 4.42. The molecule has 0 aliphatic rings. The molecule has 1 unspecified atom stereocenters. The highest BCUT2D eigenvalue weighted by atomic mass is 35.5. The Hall–Kier alpha value is -1.36. The smallest absolute Gasteiger partial charge is 0.193 e. The zero-order chi connectivity index (χ0) is 13.7. The van der Waals surface area contributed by atoms with Crippen LogP contribution in [0.1, 0.15) is 12.0 Å². The molecule has 0 amide bonds. The van der Waals surface area contributed by atoms with E-state index in [1.54, 1.807) is 30.3 Å². The fraction of sp³-hybridized carbons (Fsp3) is 0.200. The van der Waals surface area contributed by atoms with E-state index < -0.39 is 15.2 Å². The summed E-state index contributed by atoms with van der Waals surface area (Å²) in [6.45, 7) is 0. The largest absolute Gasteiger partial charge is 0.315 e. The van der Waals surface area contributed by atoms with E-state index in [0.717, 1.165) is 5.56 Å². The van der Waals surface area contributed by atoms with E-state index in [9.17, 15) is 8.42 Å². The van der Waals surface area contributed by atoms with Crippen molar-refractivity contribution in [1.82, 2.24) is 0 Å². The lowest BCUT2D eigenvalue weighted by atomic mass is 10.1. The Morgan fingerprint density at radius 1 is 0.900 bits per heavy atom. The SMILES string of the molecule is Cl.NC(CCc1ccccc1)S(=O)(=O)c1ccccc1. The minimum atomic E-state index is -3.43. The van der Waals surface area contributed by atoms with Gasteiger partial charge in [-0.2, -0.15) is 0 Å². The number of rotatable bonds is 5. The number of nitrogens with two attached hydrogens (primary N) is 1. The summed E-state index contributed by atoms with van der Waals surface area (Å²) >= 11 is 0. The third-order valence-corrected chi connectivity index (χ3v) is 4.99. The molecule has 5 heteroatoms. The lowest BCUT2D eigenvalue weighted by molar-refractivity contribution is 0.573. The molecule has 0 aliphatic carbocycles. The zero-order valence-corrected chi connectivity index (χ0v) is 12.6. The molecule has 2 aromatic rings. The molecule has 0 aliphatic heterocycles. The summed E-state index contributed by atoms with van der Waals surface area (Å²) in [7, 11) is -3.43. The number of benzene rings is 2. The molecule has 0 radical (unpaired) electrons. The first-order chi connectivity index (χ1) is 9.10. The summed E-state index contributed by atoms with van der Waals surface area (Å²) < 4.78 is 24.5. The van der Waals surface area contributed by atoms with Gasteiger partial charge in [0.2, 0.25) is 0 Å². The van der Waals surface area contributed by atoms with E-state index in [0.29, 0.717) is 12.8 Å². The second kappa shape index (κ2) is 7.43. The normalized spacial score (nSPS) is 12.4. The fourth-order valence-corrected chi connectivity index (χ4v) is 3.21. The van der Waals surface area contributed by atoms with E-state index in [1.165, 1.54) is 0 Å². The van der Waals surface area contributed by atoms with Crippen LogP contribution in [0.5, 0.6) is 0 Å². The molecular weight excluding hydrogens is 294 g/mol. The summed E-state index contributed by atoms with van der Waals surface area (Å²) in [6.07, 6.45) is 1.08. The van der Waals surface area contributed by atoms with Gasteiger partial charge in [-0.3, -0.25) is 0 Å². The molecule has 0 bridgehead atoms. The predicted octanol–water partition coefficient (Wildman–Crippen LogP) is 2.80. The van der Waals surface area contributed by atoms with Gasteiger partial charge in [0, 0.05) is 0 Å². The molecule has 3 nitrogen and oxygen atoms in total. The van der Waals surface area contributed by atoms with Crippen molar-refractivity contribution in [1.29, 1.82) is 0 Å². The van der Waals surface area contributed by atoms with Crippen LogP contribution >= 0.6 is 12.4 Å². The summed E-state index contributed by atoms with van der Waals surface area (Å²) in [5.41, 5.74) is 6.94. The highest BCUT2D eigenvalue weighted by Crippen LogP contribution is 2.16. The maximum Gasteiger partial charge on any atom is 0.193 e. The van der Waals surface area contributed by atoms with Gasteiger partial charge in [0.05, 0.1) is 4.90 Å². The van der Waals surface area contributed by atoms with Crippen molar-refractivity contribution >= 4 is 22.2 Å². The van der Waals surface area contributed by atoms with Crippen molar-refractivity contribution in [2.75, 3.05) is 0 Å². The fourth-order valence-electron chi connectivity index (χ4n) is 1.89. The van der Waals surface area contributed by atoms with Crippen LogP contribution < -0.4 is 5.73 Å². The van der Waals surface area contributed by atoms with Crippen molar-refractivity contribution < 1.29 is 8.42 Å². The average molecular weight is 312 g/mol.